The molecule has 0 atom stereocenters. The van der Waals surface area contributed by atoms with E-state index in [1.54, 1.807) is 12.1 Å². The first-order valence-corrected chi connectivity index (χ1v) is 7.30. The Balaban J connectivity index is 2.51. The minimum atomic E-state index is -3.58. The van der Waals surface area contributed by atoms with Crippen molar-refractivity contribution >= 4 is 33.4 Å². The highest BCUT2D eigenvalue weighted by atomic mass is 32.2. The lowest BCUT2D eigenvalue weighted by molar-refractivity contribution is 0.599. The van der Waals surface area contributed by atoms with Crippen LogP contribution >= 0.6 is 11.8 Å². The van der Waals surface area contributed by atoms with Crippen LogP contribution in [0, 0.1) is 0 Å². The third-order valence-corrected chi connectivity index (χ3v) is 4.18. The molecule has 0 aliphatic heterocycles. The molecule has 0 heterocycles. The van der Waals surface area contributed by atoms with Crippen molar-refractivity contribution < 1.29 is 8.42 Å². The molecular weight excluding hydrogens is 260 g/mol. The molecule has 94 valence electrons. The minimum Gasteiger partial charge on any atom is -0.399 e. The van der Waals surface area contributed by atoms with Crippen molar-refractivity contribution in [3.8, 4) is 0 Å². The Bertz CT molecular complexity index is 509. The largest absolute Gasteiger partial charge is 0.399 e. The normalized spacial score (nSPS) is 11.1. The number of rotatable bonds is 5. The minimum absolute atomic E-state index is 0.121. The van der Waals surface area contributed by atoms with Crippen LogP contribution in [0.3, 0.4) is 0 Å². The molecule has 0 aliphatic carbocycles. The maximum atomic E-state index is 11.3. The zero-order valence-corrected chi connectivity index (χ0v) is 10.7. The molecule has 0 radical (unpaired) electrons. The van der Waals surface area contributed by atoms with Gasteiger partial charge in [-0.15, -0.1) is 16.2 Å². The van der Waals surface area contributed by atoms with E-state index in [9.17, 15) is 8.42 Å². The van der Waals surface area contributed by atoms with Crippen molar-refractivity contribution in [1.82, 2.24) is 0 Å². The molecule has 6 N–H and O–H groups in total. The van der Waals surface area contributed by atoms with Crippen LogP contribution in [0.15, 0.2) is 33.6 Å². The van der Waals surface area contributed by atoms with Gasteiger partial charge in [0.25, 0.3) is 10.0 Å². The summed E-state index contributed by atoms with van der Waals surface area (Å²) in [5, 5.41) is 0. The third kappa shape index (κ3) is 5.45. The topological polar surface area (TPSA) is 125 Å². The van der Waals surface area contributed by atoms with E-state index in [1.807, 2.05) is 12.1 Å². The highest BCUT2D eigenvalue weighted by Gasteiger charge is 2.08. The van der Waals surface area contributed by atoms with E-state index in [0.29, 0.717) is 11.4 Å². The molecule has 6 nitrogen and oxygen atoms in total. The zero-order chi connectivity index (χ0) is 12.9. The van der Waals surface area contributed by atoms with E-state index in [4.69, 9.17) is 17.2 Å². The van der Waals surface area contributed by atoms with Gasteiger partial charge in [-0.05, 0) is 18.2 Å². The van der Waals surface area contributed by atoms with E-state index in [2.05, 4.69) is 4.40 Å². The van der Waals surface area contributed by atoms with Crippen LogP contribution < -0.4 is 17.2 Å². The molecule has 0 saturated heterocycles. The van der Waals surface area contributed by atoms with Crippen molar-refractivity contribution in [3.63, 3.8) is 0 Å². The van der Waals surface area contributed by atoms with Gasteiger partial charge in [0, 0.05) is 16.3 Å². The first-order chi connectivity index (χ1) is 7.89. The van der Waals surface area contributed by atoms with E-state index in [1.165, 1.54) is 11.8 Å². The molecule has 1 aromatic rings. The van der Waals surface area contributed by atoms with Crippen molar-refractivity contribution in [2.45, 2.75) is 4.90 Å². The Morgan fingerprint density at radius 2 is 2.06 bits per heavy atom. The van der Waals surface area contributed by atoms with Crippen LogP contribution in [-0.2, 0) is 10.0 Å². The summed E-state index contributed by atoms with van der Waals surface area (Å²) in [6.07, 6.45) is 0. The van der Waals surface area contributed by atoms with Crippen LogP contribution in [0.4, 0.5) is 5.69 Å². The molecule has 0 aromatic heterocycles. The SMILES string of the molecule is NC(N)=NS(=O)(=O)CCSc1cccc(N)c1. The highest BCUT2D eigenvalue weighted by molar-refractivity contribution is 8.00. The number of hydrogen-bond acceptors (Lipinski definition) is 4. The second-order valence-corrected chi connectivity index (χ2v) is 6.15. The van der Waals surface area contributed by atoms with Gasteiger partial charge in [0.1, 0.15) is 0 Å². The van der Waals surface area contributed by atoms with Crippen LogP contribution in [0.1, 0.15) is 0 Å². The highest BCUT2D eigenvalue weighted by Crippen LogP contribution is 2.20. The lowest BCUT2D eigenvalue weighted by atomic mass is 10.3. The number of nitrogen functional groups attached to an aromatic ring is 1. The van der Waals surface area contributed by atoms with Gasteiger partial charge in [-0.25, -0.2) is 8.42 Å². The molecule has 1 rings (SSSR count). The summed E-state index contributed by atoms with van der Waals surface area (Å²) in [5.41, 5.74) is 16.2. The number of thioether (sulfide) groups is 1. The summed E-state index contributed by atoms with van der Waals surface area (Å²) in [6, 6.07) is 7.20. The molecule has 0 unspecified atom stereocenters. The quantitative estimate of drug-likeness (QED) is 0.299. The average Bonchev–Trinajstić information content (AvgIpc) is 2.15. The lowest BCUT2D eigenvalue weighted by Gasteiger charge is -2.02. The zero-order valence-electron chi connectivity index (χ0n) is 9.04. The predicted molar refractivity (Wildman–Crippen MR) is 71.2 cm³/mol. The van der Waals surface area contributed by atoms with Gasteiger partial charge in [-0.2, -0.15) is 0 Å². The number of nitrogens with zero attached hydrogens (tertiary/aromatic N) is 1. The Morgan fingerprint density at radius 3 is 2.65 bits per heavy atom. The van der Waals surface area contributed by atoms with Crippen LogP contribution in [0.2, 0.25) is 0 Å². The predicted octanol–water partition coefficient (Wildman–Crippen LogP) is -0.0359. The Kier molecular flexibility index (Phi) is 4.64. The standard InChI is InChI=1S/C9H14N4O2S2/c10-7-2-1-3-8(6-7)16-4-5-17(14,15)13-9(11)12/h1-3,6H,4-5,10H2,(H4,11,12,13). The molecule has 0 bridgehead atoms. The fraction of sp³-hybridized carbons (Fsp3) is 0.222. The molecule has 1 aromatic carbocycles. The van der Waals surface area contributed by atoms with Crippen molar-refractivity contribution in [3.05, 3.63) is 24.3 Å². The van der Waals surface area contributed by atoms with Gasteiger partial charge in [0.15, 0.2) is 0 Å². The second-order valence-electron chi connectivity index (χ2n) is 3.22. The smallest absolute Gasteiger partial charge is 0.257 e. The Hall–Kier alpha value is -1.41. The Labute approximate surface area is 104 Å². The maximum Gasteiger partial charge on any atom is 0.257 e. The van der Waals surface area contributed by atoms with E-state index >= 15 is 0 Å². The van der Waals surface area contributed by atoms with E-state index in [0.717, 1.165) is 4.90 Å². The van der Waals surface area contributed by atoms with E-state index in [-0.39, 0.29) is 5.75 Å². The maximum absolute atomic E-state index is 11.3. The lowest BCUT2D eigenvalue weighted by Crippen LogP contribution is -2.25. The molecule has 0 spiro atoms. The molecule has 0 saturated carbocycles. The van der Waals surface area contributed by atoms with Crippen molar-refractivity contribution in [1.29, 1.82) is 0 Å². The van der Waals surface area contributed by atoms with Gasteiger partial charge in [-0.1, -0.05) is 6.07 Å². The van der Waals surface area contributed by atoms with Gasteiger partial charge >= 0.3 is 0 Å². The van der Waals surface area contributed by atoms with Gasteiger partial charge in [0.05, 0.1) is 5.75 Å². The first kappa shape index (κ1) is 13.7. The number of anilines is 1. The summed E-state index contributed by atoms with van der Waals surface area (Å²) < 4.78 is 25.8. The summed E-state index contributed by atoms with van der Waals surface area (Å²) >= 11 is 1.38. The molecule has 17 heavy (non-hydrogen) atoms. The molecule has 0 aliphatic rings. The van der Waals surface area contributed by atoms with Gasteiger partial charge in [0.2, 0.25) is 5.96 Å². The molecule has 0 amide bonds. The summed E-state index contributed by atoms with van der Waals surface area (Å²) in [4.78, 5) is 0.907. The van der Waals surface area contributed by atoms with Gasteiger partial charge < -0.3 is 17.2 Å². The first-order valence-electron chi connectivity index (χ1n) is 4.71. The fourth-order valence-corrected chi connectivity index (χ4v) is 3.29. The Morgan fingerprint density at radius 1 is 1.35 bits per heavy atom. The van der Waals surface area contributed by atoms with Crippen molar-refractivity contribution in [2.75, 3.05) is 17.2 Å². The molecule has 0 fully saturated rings. The number of sulfonamides is 1. The average molecular weight is 274 g/mol. The van der Waals surface area contributed by atoms with Crippen molar-refractivity contribution in [2.24, 2.45) is 15.9 Å². The molecular formula is C9H14N4O2S2. The van der Waals surface area contributed by atoms with Crippen LogP contribution in [0.5, 0.6) is 0 Å². The number of hydrogen-bond donors (Lipinski definition) is 3. The summed E-state index contributed by atoms with van der Waals surface area (Å²) in [7, 11) is -3.58. The summed E-state index contributed by atoms with van der Waals surface area (Å²) in [5.74, 6) is -0.202. The monoisotopic (exact) mass is 274 g/mol. The molecule has 8 heteroatoms. The summed E-state index contributed by atoms with van der Waals surface area (Å²) in [6.45, 7) is 0. The number of guanidine groups is 1. The number of nitrogens with two attached hydrogens (primary N) is 3. The van der Waals surface area contributed by atoms with Crippen LogP contribution in [-0.4, -0.2) is 25.9 Å². The third-order valence-electron chi connectivity index (χ3n) is 1.71. The number of benzene rings is 1. The van der Waals surface area contributed by atoms with E-state index < -0.39 is 16.0 Å². The second kappa shape index (κ2) is 5.78. The fourth-order valence-electron chi connectivity index (χ4n) is 1.08. The van der Waals surface area contributed by atoms with Crippen LogP contribution in [0.25, 0.3) is 0 Å². The van der Waals surface area contributed by atoms with Gasteiger partial charge in [-0.3, -0.25) is 0 Å².